The van der Waals surface area contributed by atoms with Gasteiger partial charge in [-0.1, -0.05) is 66.7 Å². The van der Waals surface area contributed by atoms with Gasteiger partial charge < -0.3 is 19.7 Å². The molecule has 8 nitrogen and oxygen atoms in total. The summed E-state index contributed by atoms with van der Waals surface area (Å²) in [7, 11) is 3.36. The highest BCUT2D eigenvalue weighted by atomic mass is 16.5. The molecular formula is C28H32N2O6. The van der Waals surface area contributed by atoms with Crippen LogP contribution in [0.4, 0.5) is 0 Å². The molecule has 0 aromatic heterocycles. The standard InChI is InChI=1S/C26H30N2O2.C2H2O4/c1-29-24-14-13-21(19-25(24)30-2)20-27-15-17-28(18-16-27)26(22-9-5-3-6-10-22)23-11-7-4-8-12-23;3-1(4)2(5)6/h3-14,19,26H,15-18,20H2,1-2H3;(H,3,4)(H,5,6). The van der Waals surface area contributed by atoms with Gasteiger partial charge >= 0.3 is 11.9 Å². The molecule has 3 aromatic carbocycles. The number of ether oxygens (including phenoxy) is 2. The first-order chi connectivity index (χ1) is 17.4. The van der Waals surface area contributed by atoms with E-state index in [9.17, 15) is 0 Å². The van der Waals surface area contributed by atoms with Crippen molar-refractivity contribution in [3.63, 3.8) is 0 Å². The third-order valence-corrected chi connectivity index (χ3v) is 6.04. The number of piperazine rings is 1. The Balaban J connectivity index is 0.000000538. The molecular weight excluding hydrogens is 460 g/mol. The molecule has 0 amide bonds. The molecule has 1 aliphatic rings. The van der Waals surface area contributed by atoms with E-state index in [4.69, 9.17) is 29.3 Å². The average Bonchev–Trinajstić information content (AvgIpc) is 2.91. The van der Waals surface area contributed by atoms with Gasteiger partial charge in [0.05, 0.1) is 20.3 Å². The summed E-state index contributed by atoms with van der Waals surface area (Å²) >= 11 is 0. The third kappa shape index (κ3) is 7.31. The van der Waals surface area contributed by atoms with E-state index >= 15 is 0 Å². The Labute approximate surface area is 211 Å². The smallest absolute Gasteiger partial charge is 0.414 e. The van der Waals surface area contributed by atoms with Crippen molar-refractivity contribution in [2.75, 3.05) is 40.4 Å². The maximum atomic E-state index is 9.10. The van der Waals surface area contributed by atoms with Gasteiger partial charge in [-0.3, -0.25) is 9.80 Å². The molecule has 1 saturated heterocycles. The minimum absolute atomic E-state index is 0.302. The van der Waals surface area contributed by atoms with Crippen molar-refractivity contribution in [1.29, 1.82) is 0 Å². The molecule has 0 spiro atoms. The normalized spacial score (nSPS) is 14.0. The van der Waals surface area contributed by atoms with Gasteiger partial charge in [0.25, 0.3) is 0 Å². The van der Waals surface area contributed by atoms with E-state index in [0.29, 0.717) is 6.04 Å². The highest BCUT2D eigenvalue weighted by Gasteiger charge is 2.26. The number of rotatable bonds is 7. The second kappa shape index (κ2) is 13.3. The highest BCUT2D eigenvalue weighted by Crippen LogP contribution is 2.31. The first-order valence-corrected chi connectivity index (χ1v) is 11.7. The lowest BCUT2D eigenvalue weighted by Gasteiger charge is -2.40. The molecule has 1 fully saturated rings. The highest BCUT2D eigenvalue weighted by molar-refractivity contribution is 6.27. The van der Waals surface area contributed by atoms with Crippen LogP contribution in [-0.2, 0) is 16.1 Å². The quantitative estimate of drug-likeness (QED) is 0.481. The Hall–Kier alpha value is -3.88. The van der Waals surface area contributed by atoms with Crippen LogP contribution in [-0.4, -0.2) is 72.4 Å². The van der Waals surface area contributed by atoms with Gasteiger partial charge in [-0.15, -0.1) is 0 Å². The van der Waals surface area contributed by atoms with Crippen LogP contribution in [0.15, 0.2) is 78.9 Å². The maximum Gasteiger partial charge on any atom is 0.414 e. The number of benzene rings is 3. The molecule has 8 heteroatoms. The van der Waals surface area contributed by atoms with Crippen molar-refractivity contribution in [2.45, 2.75) is 12.6 Å². The Morgan fingerprint density at radius 3 is 1.69 bits per heavy atom. The predicted octanol–water partition coefficient (Wildman–Crippen LogP) is 3.77. The van der Waals surface area contributed by atoms with Crippen LogP contribution < -0.4 is 9.47 Å². The minimum atomic E-state index is -1.82. The summed E-state index contributed by atoms with van der Waals surface area (Å²) in [5.41, 5.74) is 3.97. The van der Waals surface area contributed by atoms with E-state index in [1.54, 1.807) is 14.2 Å². The Bertz CT molecular complexity index is 1060. The summed E-state index contributed by atoms with van der Waals surface area (Å²) in [5, 5.41) is 14.8. The molecule has 0 saturated carbocycles. The van der Waals surface area contributed by atoms with E-state index in [0.717, 1.165) is 44.2 Å². The summed E-state index contributed by atoms with van der Waals surface area (Å²) in [6.07, 6.45) is 0. The second-order valence-corrected chi connectivity index (χ2v) is 8.34. The van der Waals surface area contributed by atoms with Gasteiger partial charge in [0.15, 0.2) is 11.5 Å². The van der Waals surface area contributed by atoms with Crippen LogP contribution in [0.5, 0.6) is 11.5 Å². The van der Waals surface area contributed by atoms with E-state index < -0.39 is 11.9 Å². The zero-order valence-electron chi connectivity index (χ0n) is 20.5. The summed E-state index contributed by atoms with van der Waals surface area (Å²) in [6.45, 7) is 5.11. The van der Waals surface area contributed by atoms with Crippen molar-refractivity contribution in [2.24, 2.45) is 0 Å². The van der Waals surface area contributed by atoms with Gasteiger partial charge in [-0.05, 0) is 28.8 Å². The van der Waals surface area contributed by atoms with E-state index in [2.05, 4.69) is 82.6 Å². The zero-order chi connectivity index (χ0) is 25.9. The molecule has 3 aromatic rings. The van der Waals surface area contributed by atoms with Crippen LogP contribution in [0, 0.1) is 0 Å². The van der Waals surface area contributed by atoms with E-state index in [-0.39, 0.29) is 0 Å². The Morgan fingerprint density at radius 1 is 0.750 bits per heavy atom. The predicted molar refractivity (Wildman–Crippen MR) is 136 cm³/mol. The number of nitrogens with zero attached hydrogens (tertiary/aromatic N) is 2. The molecule has 1 heterocycles. The number of carboxylic acid groups (broad SMARTS) is 2. The molecule has 0 unspecified atom stereocenters. The Kier molecular flexibility index (Phi) is 9.85. The van der Waals surface area contributed by atoms with Crippen LogP contribution in [0.2, 0.25) is 0 Å². The fourth-order valence-electron chi connectivity index (χ4n) is 4.30. The van der Waals surface area contributed by atoms with Crippen molar-refractivity contribution in [3.8, 4) is 11.5 Å². The zero-order valence-corrected chi connectivity index (χ0v) is 20.5. The van der Waals surface area contributed by atoms with Crippen molar-refractivity contribution in [1.82, 2.24) is 9.80 Å². The molecule has 0 aliphatic carbocycles. The fraction of sp³-hybridized carbons (Fsp3) is 0.286. The summed E-state index contributed by atoms with van der Waals surface area (Å²) in [5.74, 6) is -2.08. The number of methoxy groups -OCH3 is 2. The summed E-state index contributed by atoms with van der Waals surface area (Å²) in [6, 6.07) is 28.2. The molecule has 4 rings (SSSR count). The van der Waals surface area contributed by atoms with Crippen molar-refractivity contribution >= 4 is 11.9 Å². The topological polar surface area (TPSA) is 99.5 Å². The summed E-state index contributed by atoms with van der Waals surface area (Å²) < 4.78 is 10.8. The number of hydrogen-bond donors (Lipinski definition) is 2. The first kappa shape index (κ1) is 26.7. The molecule has 190 valence electrons. The van der Waals surface area contributed by atoms with Gasteiger partial charge in [0.2, 0.25) is 0 Å². The molecule has 1 aliphatic heterocycles. The number of carbonyl (C=O) groups is 2. The van der Waals surface area contributed by atoms with Gasteiger partial charge in [0, 0.05) is 32.7 Å². The third-order valence-electron chi connectivity index (χ3n) is 6.04. The number of carboxylic acids is 2. The fourth-order valence-corrected chi connectivity index (χ4v) is 4.30. The molecule has 2 N–H and O–H groups in total. The molecule has 0 radical (unpaired) electrons. The van der Waals surface area contributed by atoms with Gasteiger partial charge in [-0.2, -0.15) is 0 Å². The van der Waals surface area contributed by atoms with Crippen LogP contribution in [0.3, 0.4) is 0 Å². The number of hydrogen-bond acceptors (Lipinski definition) is 6. The minimum Gasteiger partial charge on any atom is -0.493 e. The lowest BCUT2D eigenvalue weighted by molar-refractivity contribution is -0.159. The van der Waals surface area contributed by atoms with Gasteiger partial charge in [-0.25, -0.2) is 9.59 Å². The Morgan fingerprint density at radius 2 is 1.25 bits per heavy atom. The van der Waals surface area contributed by atoms with Crippen LogP contribution in [0.1, 0.15) is 22.7 Å². The molecule has 36 heavy (non-hydrogen) atoms. The van der Waals surface area contributed by atoms with Gasteiger partial charge in [0.1, 0.15) is 0 Å². The molecule has 0 atom stereocenters. The van der Waals surface area contributed by atoms with E-state index in [1.165, 1.54) is 16.7 Å². The number of aliphatic carboxylic acids is 2. The lowest BCUT2D eigenvalue weighted by Crippen LogP contribution is -2.47. The largest absolute Gasteiger partial charge is 0.493 e. The van der Waals surface area contributed by atoms with Crippen LogP contribution >= 0.6 is 0 Å². The first-order valence-electron chi connectivity index (χ1n) is 11.7. The van der Waals surface area contributed by atoms with E-state index in [1.807, 2.05) is 6.07 Å². The average molecular weight is 493 g/mol. The van der Waals surface area contributed by atoms with Crippen molar-refractivity contribution in [3.05, 3.63) is 95.6 Å². The van der Waals surface area contributed by atoms with Crippen LogP contribution in [0.25, 0.3) is 0 Å². The second-order valence-electron chi connectivity index (χ2n) is 8.34. The summed E-state index contributed by atoms with van der Waals surface area (Å²) in [4.78, 5) is 23.3. The molecule has 0 bridgehead atoms. The SMILES string of the molecule is COc1ccc(CN2CCN(C(c3ccccc3)c3ccccc3)CC2)cc1OC.O=C(O)C(=O)O. The lowest BCUT2D eigenvalue weighted by atomic mass is 9.96. The van der Waals surface area contributed by atoms with Crippen molar-refractivity contribution < 1.29 is 29.3 Å². The monoisotopic (exact) mass is 492 g/mol. The maximum absolute atomic E-state index is 9.10.